The molecule has 0 aliphatic heterocycles. The van der Waals surface area contributed by atoms with Crippen molar-refractivity contribution in [1.29, 1.82) is 0 Å². The zero-order valence-electron chi connectivity index (χ0n) is 4.16. The molecule has 2 fully saturated rings. The Kier molecular flexibility index (Phi) is 0.502. The fourth-order valence-electron chi connectivity index (χ4n) is 1.08. The van der Waals surface area contributed by atoms with Gasteiger partial charge in [0, 0.05) is 0 Å². The molecular formula is C4H6O3S. The first-order valence-corrected chi connectivity index (χ1v) is 3.97. The summed E-state index contributed by atoms with van der Waals surface area (Å²) in [6, 6.07) is 0. The molecule has 2 rings (SSSR count). The van der Waals surface area contributed by atoms with Crippen LogP contribution in [0.1, 0.15) is 12.8 Å². The van der Waals surface area contributed by atoms with Gasteiger partial charge in [0.15, 0.2) is 0 Å². The Morgan fingerprint density at radius 2 is 1.88 bits per heavy atom. The van der Waals surface area contributed by atoms with Crippen LogP contribution >= 0.6 is 0 Å². The van der Waals surface area contributed by atoms with E-state index in [4.69, 9.17) is 4.55 Å². The highest BCUT2D eigenvalue weighted by Gasteiger charge is 2.78. The summed E-state index contributed by atoms with van der Waals surface area (Å²) in [6.45, 7) is 0. The first-order chi connectivity index (χ1) is 3.56. The van der Waals surface area contributed by atoms with Crippen molar-refractivity contribution in [3.05, 3.63) is 0 Å². The SMILES string of the molecule is O=S(=O)(O)C12CC1C2. The molecular weight excluding hydrogens is 128 g/mol. The molecule has 0 aromatic rings. The molecule has 0 atom stereocenters. The Morgan fingerprint density at radius 3 is 1.88 bits per heavy atom. The van der Waals surface area contributed by atoms with Gasteiger partial charge in [-0.2, -0.15) is 8.42 Å². The molecule has 0 bridgehead atoms. The fourth-order valence-corrected chi connectivity index (χ4v) is 2.32. The van der Waals surface area contributed by atoms with Gasteiger partial charge >= 0.3 is 0 Å². The summed E-state index contributed by atoms with van der Waals surface area (Å²) in [6.07, 6.45) is 1.40. The third kappa shape index (κ3) is 0.326. The van der Waals surface area contributed by atoms with Crippen LogP contribution in [-0.2, 0) is 10.1 Å². The third-order valence-corrected chi connectivity index (χ3v) is 3.82. The Hall–Kier alpha value is -0.0900. The Morgan fingerprint density at radius 1 is 1.50 bits per heavy atom. The van der Waals surface area contributed by atoms with Gasteiger partial charge in [-0.25, -0.2) is 0 Å². The lowest BCUT2D eigenvalue weighted by Gasteiger charge is -1.93. The largest absolute Gasteiger partial charge is 0.285 e. The van der Waals surface area contributed by atoms with E-state index >= 15 is 0 Å². The summed E-state index contributed by atoms with van der Waals surface area (Å²) in [5.74, 6) is 0.317. The highest BCUT2D eigenvalue weighted by molar-refractivity contribution is 7.88. The molecule has 8 heavy (non-hydrogen) atoms. The van der Waals surface area contributed by atoms with Crippen molar-refractivity contribution in [3.8, 4) is 0 Å². The fraction of sp³-hybridized carbons (Fsp3) is 1.00. The second-order valence-electron chi connectivity index (χ2n) is 2.65. The lowest BCUT2D eigenvalue weighted by atomic mass is 10.4. The zero-order valence-corrected chi connectivity index (χ0v) is 4.98. The summed E-state index contributed by atoms with van der Waals surface area (Å²) in [7, 11) is -3.66. The Bertz CT molecular complexity index is 222. The minimum absolute atomic E-state index is 0.317. The molecule has 0 saturated heterocycles. The minimum Gasteiger partial charge on any atom is -0.285 e. The first kappa shape index (κ1) is 4.76. The maximum atomic E-state index is 10.3. The highest BCUT2D eigenvalue weighted by Crippen LogP contribution is 2.71. The molecule has 0 unspecified atom stereocenters. The van der Waals surface area contributed by atoms with E-state index in [1.807, 2.05) is 0 Å². The predicted octanol–water partition coefficient (Wildman–Crippen LogP) is 0.0366. The van der Waals surface area contributed by atoms with Crippen molar-refractivity contribution >= 4 is 10.1 Å². The van der Waals surface area contributed by atoms with Gasteiger partial charge in [-0.3, -0.25) is 4.55 Å². The van der Waals surface area contributed by atoms with Crippen LogP contribution in [0.3, 0.4) is 0 Å². The normalized spacial score (nSPS) is 50.4. The van der Waals surface area contributed by atoms with Gasteiger partial charge in [0.05, 0.1) is 0 Å². The van der Waals surface area contributed by atoms with Crippen LogP contribution in [0, 0.1) is 5.92 Å². The van der Waals surface area contributed by atoms with E-state index < -0.39 is 14.9 Å². The molecule has 0 aromatic carbocycles. The molecule has 0 amide bonds. The van der Waals surface area contributed by atoms with Gasteiger partial charge in [0.25, 0.3) is 10.1 Å². The average Bonchev–Trinajstić information content (AvgIpc) is 1.96. The van der Waals surface area contributed by atoms with Crippen LogP contribution in [0.15, 0.2) is 0 Å². The molecule has 0 aromatic heterocycles. The van der Waals surface area contributed by atoms with E-state index in [0.717, 1.165) is 0 Å². The van der Waals surface area contributed by atoms with E-state index in [1.54, 1.807) is 0 Å². The number of rotatable bonds is 1. The minimum atomic E-state index is -3.66. The van der Waals surface area contributed by atoms with Crippen LogP contribution in [0.2, 0.25) is 0 Å². The monoisotopic (exact) mass is 134 g/mol. The topological polar surface area (TPSA) is 54.4 Å². The molecule has 2 aliphatic carbocycles. The zero-order chi connectivity index (χ0) is 5.99. The van der Waals surface area contributed by atoms with E-state index in [0.29, 0.717) is 18.8 Å². The molecule has 2 saturated carbocycles. The van der Waals surface area contributed by atoms with Crippen LogP contribution in [0.25, 0.3) is 0 Å². The lowest BCUT2D eigenvalue weighted by molar-refractivity contribution is 0.473. The van der Waals surface area contributed by atoms with Gasteiger partial charge in [-0.05, 0) is 18.8 Å². The second-order valence-corrected chi connectivity index (χ2v) is 4.41. The standard InChI is InChI=1S/C4H6O3S/c5-8(6,7)4-1-3(4)2-4/h3H,1-2H2,(H,5,6,7). The number of fused-ring (bicyclic) bond motifs is 1. The van der Waals surface area contributed by atoms with Crippen LogP contribution in [0.5, 0.6) is 0 Å². The number of hydrogen-bond donors (Lipinski definition) is 1. The predicted molar refractivity (Wildman–Crippen MR) is 27.0 cm³/mol. The second kappa shape index (κ2) is 0.844. The van der Waals surface area contributed by atoms with Gasteiger partial charge in [-0.1, -0.05) is 0 Å². The van der Waals surface area contributed by atoms with Crippen molar-refractivity contribution in [2.24, 2.45) is 5.92 Å². The molecule has 3 nitrogen and oxygen atoms in total. The third-order valence-electron chi connectivity index (χ3n) is 2.12. The van der Waals surface area contributed by atoms with E-state index in [2.05, 4.69) is 0 Å². The van der Waals surface area contributed by atoms with Crippen LogP contribution in [-0.4, -0.2) is 17.7 Å². The van der Waals surface area contributed by atoms with Gasteiger partial charge in [0.2, 0.25) is 0 Å². The summed E-state index contributed by atoms with van der Waals surface area (Å²) in [4.78, 5) is 0. The molecule has 1 N–H and O–H groups in total. The number of hydrogen-bond acceptors (Lipinski definition) is 2. The molecule has 0 heterocycles. The van der Waals surface area contributed by atoms with Crippen LogP contribution < -0.4 is 0 Å². The van der Waals surface area contributed by atoms with E-state index in [1.165, 1.54) is 0 Å². The van der Waals surface area contributed by atoms with Crippen molar-refractivity contribution in [1.82, 2.24) is 0 Å². The summed E-state index contributed by atoms with van der Waals surface area (Å²) in [5, 5.41) is 0. The molecule has 46 valence electrons. The summed E-state index contributed by atoms with van der Waals surface area (Å²) in [5.41, 5.74) is 0. The highest BCUT2D eigenvalue weighted by atomic mass is 32.2. The molecule has 0 radical (unpaired) electrons. The Balaban J connectivity index is 2.43. The summed E-state index contributed by atoms with van der Waals surface area (Å²) < 4.78 is 28.4. The van der Waals surface area contributed by atoms with Gasteiger partial charge < -0.3 is 0 Å². The van der Waals surface area contributed by atoms with Gasteiger partial charge in [0.1, 0.15) is 4.75 Å². The van der Waals surface area contributed by atoms with Crippen molar-refractivity contribution in [2.75, 3.05) is 0 Å². The average molecular weight is 134 g/mol. The first-order valence-electron chi connectivity index (χ1n) is 2.53. The maximum absolute atomic E-state index is 10.3. The lowest BCUT2D eigenvalue weighted by Crippen LogP contribution is -2.11. The molecule has 2 aliphatic rings. The quantitative estimate of drug-likeness (QED) is 0.515. The van der Waals surface area contributed by atoms with Crippen molar-refractivity contribution < 1.29 is 13.0 Å². The van der Waals surface area contributed by atoms with Crippen molar-refractivity contribution in [2.45, 2.75) is 17.6 Å². The van der Waals surface area contributed by atoms with E-state index in [-0.39, 0.29) is 0 Å². The maximum Gasteiger partial charge on any atom is 0.270 e. The molecule has 4 heteroatoms. The summed E-state index contributed by atoms with van der Waals surface area (Å²) >= 11 is 0. The Labute approximate surface area is 47.5 Å². The van der Waals surface area contributed by atoms with Crippen molar-refractivity contribution in [3.63, 3.8) is 0 Å². The van der Waals surface area contributed by atoms with Crippen LogP contribution in [0.4, 0.5) is 0 Å². The smallest absolute Gasteiger partial charge is 0.270 e. The van der Waals surface area contributed by atoms with Gasteiger partial charge in [-0.15, -0.1) is 0 Å². The molecule has 0 spiro atoms. The van der Waals surface area contributed by atoms with E-state index in [9.17, 15) is 8.42 Å².